The van der Waals surface area contributed by atoms with Gasteiger partial charge in [-0.05, 0) is 48.4 Å². The predicted molar refractivity (Wildman–Crippen MR) is 100 cm³/mol. The number of carbonyl (C=O) groups excluding carboxylic acids is 1. The summed E-state index contributed by atoms with van der Waals surface area (Å²) in [4.78, 5) is 12.2. The smallest absolute Gasteiger partial charge is 0.350 e. The van der Waals surface area contributed by atoms with Crippen LogP contribution in [0.5, 0.6) is 0 Å². The van der Waals surface area contributed by atoms with Gasteiger partial charge in [0.05, 0.1) is 10.6 Å². The number of carbonyl (C=O) groups is 1. The molecule has 0 fully saturated rings. The highest BCUT2D eigenvalue weighted by molar-refractivity contribution is 7.89. The molecule has 3 rings (SSSR count). The minimum absolute atomic E-state index is 0.0474. The second kappa shape index (κ2) is 8.43. The molecule has 0 radical (unpaired) electrons. The minimum atomic E-state index is -4.95. The molecule has 0 saturated carbocycles. The molecule has 0 saturated heterocycles. The van der Waals surface area contributed by atoms with E-state index in [1.54, 1.807) is 0 Å². The summed E-state index contributed by atoms with van der Waals surface area (Å²) in [6.45, 7) is -0.0474. The van der Waals surface area contributed by atoms with Gasteiger partial charge in [-0.15, -0.1) is 5.10 Å². The van der Waals surface area contributed by atoms with E-state index >= 15 is 0 Å². The van der Waals surface area contributed by atoms with E-state index in [0.29, 0.717) is 10.2 Å². The number of nitrogens with two attached hydrogens (primary N) is 1. The number of halogens is 4. The number of hydrogen-bond donors (Lipinski definition) is 2. The number of rotatable bonds is 6. The van der Waals surface area contributed by atoms with Crippen LogP contribution in [-0.4, -0.2) is 35.9 Å². The normalized spacial score (nSPS) is 12.0. The first kappa shape index (κ1) is 22.4. The largest absolute Gasteiger partial charge is 0.435 e. The lowest BCUT2D eigenvalue weighted by atomic mass is 10.1. The molecule has 3 N–H and O–H groups in total. The Hall–Kier alpha value is -3.32. The summed E-state index contributed by atoms with van der Waals surface area (Å²) in [6, 6.07) is 9.56. The van der Waals surface area contributed by atoms with Crippen molar-refractivity contribution in [2.75, 3.05) is 6.54 Å². The fraction of sp³-hybridized carbons (Fsp3) is 0.167. The van der Waals surface area contributed by atoms with Crippen molar-refractivity contribution in [3.05, 3.63) is 71.3 Å². The number of alkyl halides is 3. The number of nitrogens with one attached hydrogen (secondary N) is 1. The van der Waals surface area contributed by atoms with Gasteiger partial charge in [0.25, 0.3) is 5.91 Å². The maximum atomic E-state index is 13.6. The van der Waals surface area contributed by atoms with Crippen LogP contribution in [0.25, 0.3) is 5.69 Å². The van der Waals surface area contributed by atoms with E-state index in [4.69, 9.17) is 5.14 Å². The molecule has 164 valence electrons. The molecule has 3 aromatic rings. The lowest BCUT2D eigenvalue weighted by Crippen LogP contribution is -2.29. The number of hydrogen-bond acceptors (Lipinski definition) is 5. The molecule has 13 heteroatoms. The monoisotopic (exact) mass is 457 g/mol. The average Bonchev–Trinajstić information content (AvgIpc) is 3.14. The highest BCUT2D eigenvalue weighted by Gasteiger charge is 2.41. The van der Waals surface area contributed by atoms with E-state index in [1.807, 2.05) is 0 Å². The highest BCUT2D eigenvalue weighted by Crippen LogP contribution is 2.32. The van der Waals surface area contributed by atoms with Gasteiger partial charge in [0.15, 0.2) is 11.4 Å². The molecule has 0 unspecified atom stereocenters. The maximum Gasteiger partial charge on any atom is 0.435 e. The zero-order valence-corrected chi connectivity index (χ0v) is 16.4. The van der Waals surface area contributed by atoms with Crippen molar-refractivity contribution in [2.24, 2.45) is 5.14 Å². The Kier molecular flexibility index (Phi) is 6.08. The highest BCUT2D eigenvalue weighted by atomic mass is 32.2. The summed E-state index contributed by atoms with van der Waals surface area (Å²) in [5.41, 5.74) is -1.82. The number of benzene rings is 2. The summed E-state index contributed by atoms with van der Waals surface area (Å²) in [5, 5.41) is 14.1. The molecule has 0 aliphatic carbocycles. The van der Waals surface area contributed by atoms with E-state index < -0.39 is 39.3 Å². The minimum Gasteiger partial charge on any atom is -0.350 e. The fourth-order valence-electron chi connectivity index (χ4n) is 2.70. The molecular formula is C18H15F4N5O3S. The Balaban J connectivity index is 1.75. The van der Waals surface area contributed by atoms with Crippen LogP contribution in [0.1, 0.15) is 21.7 Å². The summed E-state index contributed by atoms with van der Waals surface area (Å²) in [5.74, 6) is -1.74. The van der Waals surface area contributed by atoms with Crippen LogP contribution in [0.2, 0.25) is 0 Å². The van der Waals surface area contributed by atoms with Crippen molar-refractivity contribution in [1.82, 2.24) is 20.3 Å². The standard InChI is InChI=1S/C18H15F4N5O3S/c19-12-3-5-13(6-4-12)27-16(18(20,21)22)15(25-26-27)17(28)24-10-9-11-1-7-14(8-2-11)31(23,29)30/h1-8H,9-10H2,(H,24,28)(H2,23,29,30). The van der Waals surface area contributed by atoms with Gasteiger partial charge < -0.3 is 5.32 Å². The van der Waals surface area contributed by atoms with E-state index in [9.17, 15) is 30.8 Å². The molecule has 1 heterocycles. The van der Waals surface area contributed by atoms with Crippen LogP contribution < -0.4 is 10.5 Å². The number of aromatic nitrogens is 3. The molecule has 8 nitrogen and oxygen atoms in total. The molecule has 1 amide bonds. The van der Waals surface area contributed by atoms with Crippen molar-refractivity contribution in [3.8, 4) is 5.69 Å². The van der Waals surface area contributed by atoms with Gasteiger partial charge in [-0.2, -0.15) is 13.2 Å². The van der Waals surface area contributed by atoms with Crippen LogP contribution in [0.4, 0.5) is 17.6 Å². The first-order valence-corrected chi connectivity index (χ1v) is 10.2. The Morgan fingerprint density at radius 3 is 2.23 bits per heavy atom. The van der Waals surface area contributed by atoms with Crippen LogP contribution in [-0.2, 0) is 22.6 Å². The quantitative estimate of drug-likeness (QED) is 0.549. The van der Waals surface area contributed by atoms with Gasteiger partial charge in [0.2, 0.25) is 10.0 Å². The van der Waals surface area contributed by atoms with E-state index in [2.05, 4.69) is 15.6 Å². The predicted octanol–water partition coefficient (Wildman–Crippen LogP) is 2.05. The number of nitrogens with zero attached hydrogens (tertiary/aromatic N) is 3. The molecule has 0 aliphatic rings. The number of sulfonamides is 1. The molecular weight excluding hydrogens is 442 g/mol. The average molecular weight is 457 g/mol. The zero-order chi connectivity index (χ0) is 22.8. The van der Waals surface area contributed by atoms with Crippen LogP contribution >= 0.6 is 0 Å². The maximum absolute atomic E-state index is 13.6. The SMILES string of the molecule is NS(=O)(=O)c1ccc(CCNC(=O)c2nnn(-c3ccc(F)cc3)c2C(F)(F)F)cc1. The van der Waals surface area contributed by atoms with Crippen molar-refractivity contribution >= 4 is 15.9 Å². The van der Waals surface area contributed by atoms with Crippen molar-refractivity contribution < 1.29 is 30.8 Å². The Bertz CT molecular complexity index is 1190. The molecule has 0 spiro atoms. The van der Waals surface area contributed by atoms with Gasteiger partial charge in [-0.25, -0.2) is 22.6 Å². The second-order valence-corrected chi connectivity index (χ2v) is 7.93. The van der Waals surface area contributed by atoms with E-state index in [-0.39, 0.29) is 23.5 Å². The topological polar surface area (TPSA) is 120 Å². The third kappa shape index (κ3) is 5.24. The van der Waals surface area contributed by atoms with Crippen molar-refractivity contribution in [1.29, 1.82) is 0 Å². The number of primary sulfonamides is 1. The zero-order valence-electron chi connectivity index (χ0n) is 15.6. The van der Waals surface area contributed by atoms with Crippen LogP contribution in [0.15, 0.2) is 53.4 Å². The molecule has 1 aromatic heterocycles. The van der Waals surface area contributed by atoms with E-state index in [0.717, 1.165) is 24.3 Å². The molecule has 0 bridgehead atoms. The first-order chi connectivity index (χ1) is 14.5. The van der Waals surface area contributed by atoms with Gasteiger partial charge in [-0.3, -0.25) is 4.79 Å². The summed E-state index contributed by atoms with van der Waals surface area (Å²) in [7, 11) is -3.85. The second-order valence-electron chi connectivity index (χ2n) is 6.37. The summed E-state index contributed by atoms with van der Waals surface area (Å²) >= 11 is 0. The fourth-order valence-corrected chi connectivity index (χ4v) is 3.22. The lowest BCUT2D eigenvalue weighted by molar-refractivity contribution is -0.143. The molecule has 0 atom stereocenters. The van der Waals surface area contributed by atoms with Crippen molar-refractivity contribution in [3.63, 3.8) is 0 Å². The lowest BCUT2D eigenvalue weighted by Gasteiger charge is -2.11. The van der Waals surface area contributed by atoms with Gasteiger partial charge >= 0.3 is 6.18 Å². The van der Waals surface area contributed by atoms with Crippen LogP contribution in [0, 0.1) is 5.82 Å². The Morgan fingerprint density at radius 1 is 1.06 bits per heavy atom. The van der Waals surface area contributed by atoms with E-state index in [1.165, 1.54) is 24.3 Å². The summed E-state index contributed by atoms with van der Waals surface area (Å²) < 4.78 is 76.7. The number of amides is 1. The Labute approximate surface area is 173 Å². The molecule has 31 heavy (non-hydrogen) atoms. The molecule has 2 aromatic carbocycles. The van der Waals surface area contributed by atoms with Gasteiger partial charge in [0, 0.05) is 6.54 Å². The third-order valence-corrected chi connectivity index (χ3v) is 5.11. The van der Waals surface area contributed by atoms with Crippen LogP contribution in [0.3, 0.4) is 0 Å². The van der Waals surface area contributed by atoms with Gasteiger partial charge in [-0.1, -0.05) is 17.3 Å². The Morgan fingerprint density at radius 2 is 1.68 bits per heavy atom. The molecule has 0 aliphatic heterocycles. The third-order valence-electron chi connectivity index (χ3n) is 4.18. The van der Waals surface area contributed by atoms with Gasteiger partial charge in [0.1, 0.15) is 5.82 Å². The van der Waals surface area contributed by atoms with Crippen molar-refractivity contribution in [2.45, 2.75) is 17.5 Å². The first-order valence-electron chi connectivity index (χ1n) is 8.65. The summed E-state index contributed by atoms with van der Waals surface area (Å²) in [6.07, 6.45) is -4.74.